The number of aromatic nitrogens is 1. The lowest BCUT2D eigenvalue weighted by molar-refractivity contribution is -0.138. The van der Waals surface area contributed by atoms with Crippen molar-refractivity contribution in [2.45, 2.75) is 18.8 Å². The van der Waals surface area contributed by atoms with Gasteiger partial charge in [0.15, 0.2) is 0 Å². The number of hydrogen-bond donors (Lipinski definition) is 0. The second-order valence-electron chi connectivity index (χ2n) is 6.58. The van der Waals surface area contributed by atoms with E-state index < -0.39 is 17.8 Å². The smallest absolute Gasteiger partial charge is 0.343 e. The van der Waals surface area contributed by atoms with Crippen molar-refractivity contribution in [1.82, 2.24) is 9.47 Å². The standard InChI is InChI=1S/C20H15F3N2O2S/c1-24-17(18(26)28-19(24)27)14-6-4-8-16-13(14)9-10-25(16)11-12-5-2-3-7-15(12)20(21,22)23/h2-10,17H,11H2,1H3. The highest BCUT2D eigenvalue weighted by Crippen LogP contribution is 2.39. The lowest BCUT2D eigenvalue weighted by Gasteiger charge is -2.19. The third-order valence-electron chi connectivity index (χ3n) is 4.89. The summed E-state index contributed by atoms with van der Waals surface area (Å²) in [7, 11) is 1.57. The lowest BCUT2D eigenvalue weighted by Crippen LogP contribution is -2.23. The zero-order valence-electron chi connectivity index (χ0n) is 14.7. The van der Waals surface area contributed by atoms with E-state index >= 15 is 0 Å². The molecule has 1 aliphatic heterocycles. The van der Waals surface area contributed by atoms with E-state index in [1.165, 1.54) is 17.0 Å². The van der Waals surface area contributed by atoms with Gasteiger partial charge in [0.1, 0.15) is 6.04 Å². The highest BCUT2D eigenvalue weighted by Gasteiger charge is 2.39. The molecule has 144 valence electrons. The van der Waals surface area contributed by atoms with E-state index in [2.05, 4.69) is 0 Å². The van der Waals surface area contributed by atoms with Gasteiger partial charge in [-0.05, 0) is 29.3 Å². The Morgan fingerprint density at radius 3 is 2.46 bits per heavy atom. The average molecular weight is 404 g/mol. The van der Waals surface area contributed by atoms with E-state index in [1.807, 2.05) is 0 Å². The molecule has 2 aromatic carbocycles. The van der Waals surface area contributed by atoms with Gasteiger partial charge in [0.2, 0.25) is 5.12 Å². The molecule has 0 saturated carbocycles. The van der Waals surface area contributed by atoms with Crippen LogP contribution in [0.15, 0.2) is 54.7 Å². The highest BCUT2D eigenvalue weighted by molar-refractivity contribution is 8.26. The van der Waals surface area contributed by atoms with Crippen LogP contribution in [-0.4, -0.2) is 26.9 Å². The molecule has 1 atom stereocenters. The van der Waals surface area contributed by atoms with Crippen LogP contribution in [0.25, 0.3) is 10.9 Å². The Hall–Kier alpha value is -2.74. The molecular weight excluding hydrogens is 389 g/mol. The number of carbonyl (C=O) groups excluding carboxylic acids is 2. The van der Waals surface area contributed by atoms with Gasteiger partial charge in [0, 0.05) is 42.5 Å². The second kappa shape index (κ2) is 6.70. The van der Waals surface area contributed by atoms with Gasteiger partial charge in [-0.15, -0.1) is 0 Å². The summed E-state index contributed by atoms with van der Waals surface area (Å²) in [5.74, 6) is 0. The van der Waals surface area contributed by atoms with E-state index in [-0.39, 0.29) is 22.5 Å². The zero-order valence-corrected chi connectivity index (χ0v) is 15.6. The van der Waals surface area contributed by atoms with Crippen molar-refractivity contribution in [3.8, 4) is 0 Å². The number of carbonyl (C=O) groups is 2. The van der Waals surface area contributed by atoms with Gasteiger partial charge in [-0.2, -0.15) is 13.2 Å². The topological polar surface area (TPSA) is 42.3 Å². The molecule has 1 aromatic heterocycles. The predicted molar refractivity (Wildman–Crippen MR) is 101 cm³/mol. The van der Waals surface area contributed by atoms with E-state index in [1.54, 1.807) is 48.1 Å². The number of benzene rings is 2. The molecule has 3 aromatic rings. The fourth-order valence-corrected chi connectivity index (χ4v) is 4.37. The summed E-state index contributed by atoms with van der Waals surface area (Å²) in [6.45, 7) is 0.0464. The van der Waals surface area contributed by atoms with Gasteiger partial charge in [-0.25, -0.2) is 0 Å². The molecule has 1 aliphatic rings. The number of fused-ring (bicyclic) bond motifs is 1. The zero-order chi connectivity index (χ0) is 20.1. The molecule has 2 heterocycles. The number of halogens is 3. The van der Waals surface area contributed by atoms with Gasteiger partial charge in [-0.3, -0.25) is 9.59 Å². The third-order valence-corrected chi connectivity index (χ3v) is 5.78. The van der Waals surface area contributed by atoms with Crippen molar-refractivity contribution < 1.29 is 22.8 Å². The Labute approximate surface area is 162 Å². The van der Waals surface area contributed by atoms with Gasteiger partial charge in [-0.1, -0.05) is 30.3 Å². The Bertz CT molecular complexity index is 1090. The summed E-state index contributed by atoms with van der Waals surface area (Å²) >= 11 is 0.670. The normalized spacial score (nSPS) is 17.7. The van der Waals surface area contributed by atoms with Crippen molar-refractivity contribution in [2.24, 2.45) is 0 Å². The number of alkyl halides is 3. The molecule has 28 heavy (non-hydrogen) atoms. The van der Waals surface area contributed by atoms with Crippen LogP contribution >= 0.6 is 11.8 Å². The molecule has 0 bridgehead atoms. The molecule has 0 spiro atoms. The maximum Gasteiger partial charge on any atom is 0.416 e. The van der Waals surface area contributed by atoms with Crippen LogP contribution in [0.2, 0.25) is 0 Å². The Morgan fingerprint density at radius 2 is 1.79 bits per heavy atom. The Balaban J connectivity index is 1.77. The van der Waals surface area contributed by atoms with Crippen molar-refractivity contribution in [1.29, 1.82) is 0 Å². The van der Waals surface area contributed by atoms with E-state index in [0.717, 1.165) is 11.5 Å². The van der Waals surface area contributed by atoms with Crippen molar-refractivity contribution in [2.75, 3.05) is 7.05 Å². The van der Waals surface area contributed by atoms with Crippen LogP contribution < -0.4 is 0 Å². The monoisotopic (exact) mass is 404 g/mol. The fourth-order valence-electron chi connectivity index (χ4n) is 3.55. The van der Waals surface area contributed by atoms with Crippen LogP contribution in [0, 0.1) is 0 Å². The second-order valence-corrected chi connectivity index (χ2v) is 7.53. The molecule has 1 amide bonds. The first-order valence-corrected chi connectivity index (χ1v) is 9.30. The van der Waals surface area contributed by atoms with Crippen molar-refractivity contribution in [3.05, 3.63) is 71.4 Å². The van der Waals surface area contributed by atoms with E-state index in [9.17, 15) is 22.8 Å². The van der Waals surface area contributed by atoms with Gasteiger partial charge in [0.05, 0.1) is 5.56 Å². The Morgan fingerprint density at radius 1 is 1.04 bits per heavy atom. The van der Waals surface area contributed by atoms with Crippen LogP contribution in [0.3, 0.4) is 0 Å². The summed E-state index contributed by atoms with van der Waals surface area (Å²) in [6, 6.07) is 11.9. The summed E-state index contributed by atoms with van der Waals surface area (Å²) < 4.78 is 41.6. The number of thioether (sulfide) groups is 1. The third kappa shape index (κ3) is 3.07. The molecule has 8 heteroatoms. The first-order chi connectivity index (χ1) is 13.3. The number of nitrogens with zero attached hydrogens (tertiary/aromatic N) is 2. The minimum Gasteiger partial charge on any atom is -0.343 e. The summed E-state index contributed by atoms with van der Waals surface area (Å²) in [5, 5.41) is 0.174. The molecule has 1 saturated heterocycles. The van der Waals surface area contributed by atoms with Crippen molar-refractivity contribution in [3.63, 3.8) is 0 Å². The number of amides is 1. The lowest BCUT2D eigenvalue weighted by atomic mass is 10.0. The van der Waals surface area contributed by atoms with Gasteiger partial charge in [0.25, 0.3) is 5.24 Å². The summed E-state index contributed by atoms with van der Waals surface area (Å²) in [6.07, 6.45) is -2.73. The van der Waals surface area contributed by atoms with Crippen molar-refractivity contribution >= 4 is 33.0 Å². The van der Waals surface area contributed by atoms with Crippen LogP contribution in [-0.2, 0) is 17.5 Å². The molecule has 0 aliphatic carbocycles. The van der Waals surface area contributed by atoms with Crippen LogP contribution in [0.4, 0.5) is 18.0 Å². The molecular formula is C20H15F3N2O2S. The molecule has 0 N–H and O–H groups in total. The maximum absolute atomic E-state index is 13.3. The molecule has 4 rings (SSSR count). The predicted octanol–water partition coefficient (Wildman–Crippen LogP) is 5.07. The minimum atomic E-state index is -4.43. The first-order valence-electron chi connectivity index (χ1n) is 8.48. The largest absolute Gasteiger partial charge is 0.416 e. The highest BCUT2D eigenvalue weighted by atomic mass is 32.2. The van der Waals surface area contributed by atoms with Gasteiger partial charge >= 0.3 is 6.18 Å². The molecule has 4 nitrogen and oxygen atoms in total. The fraction of sp³-hybridized carbons (Fsp3) is 0.200. The first kappa shape index (κ1) is 18.6. The number of likely N-dealkylation sites (N-methyl/N-ethyl adjacent to an activating group) is 1. The summed E-state index contributed by atoms with van der Waals surface area (Å²) in [5.41, 5.74) is 0.879. The number of hydrogen-bond acceptors (Lipinski definition) is 3. The van der Waals surface area contributed by atoms with Crippen LogP contribution in [0.1, 0.15) is 22.7 Å². The number of rotatable bonds is 3. The molecule has 1 unspecified atom stereocenters. The molecule has 1 fully saturated rings. The Kier molecular flexibility index (Phi) is 4.45. The van der Waals surface area contributed by atoms with Crippen LogP contribution in [0.5, 0.6) is 0 Å². The average Bonchev–Trinajstić information content (AvgIpc) is 3.15. The van der Waals surface area contributed by atoms with E-state index in [0.29, 0.717) is 22.8 Å². The molecule has 0 radical (unpaired) electrons. The van der Waals surface area contributed by atoms with Gasteiger partial charge < -0.3 is 9.47 Å². The van der Waals surface area contributed by atoms with E-state index in [4.69, 9.17) is 0 Å². The maximum atomic E-state index is 13.3. The quantitative estimate of drug-likeness (QED) is 0.612. The minimum absolute atomic E-state index is 0.0464. The summed E-state index contributed by atoms with van der Waals surface area (Å²) in [4.78, 5) is 25.5. The SMILES string of the molecule is CN1C(=O)SC(=O)C1c1cccc2c1ccn2Cc1ccccc1C(F)(F)F.